The Morgan fingerprint density at radius 3 is 2.76 bits per heavy atom. The van der Waals surface area contributed by atoms with Crippen molar-refractivity contribution in [1.29, 1.82) is 0 Å². The second kappa shape index (κ2) is 4.51. The molecule has 1 aliphatic heterocycles. The Labute approximate surface area is 105 Å². The van der Waals surface area contributed by atoms with Crippen LogP contribution in [-0.4, -0.2) is 22.9 Å². The molecule has 1 atom stereocenters. The zero-order chi connectivity index (χ0) is 11.7. The van der Waals surface area contributed by atoms with Gasteiger partial charge in [0, 0.05) is 23.3 Å². The normalized spacial score (nSPS) is 19.7. The lowest BCUT2D eigenvalue weighted by atomic mass is 10.2. The molecule has 1 saturated heterocycles. The first-order chi connectivity index (χ1) is 8.33. The number of aromatic nitrogens is 2. The molecule has 1 aromatic carbocycles. The van der Waals surface area contributed by atoms with Crippen LogP contribution in [0.4, 0.5) is 0 Å². The summed E-state index contributed by atoms with van der Waals surface area (Å²) in [6, 6.07) is 10.3. The lowest BCUT2D eigenvalue weighted by Gasteiger charge is -2.08. The molecular formula is C13H14ClN3. The summed E-state index contributed by atoms with van der Waals surface area (Å²) in [5.74, 6) is 0. The van der Waals surface area contributed by atoms with Gasteiger partial charge in [-0.25, -0.2) is 0 Å². The third kappa shape index (κ3) is 2.21. The zero-order valence-corrected chi connectivity index (χ0v) is 10.2. The maximum atomic E-state index is 5.87. The average Bonchev–Trinajstić information content (AvgIpc) is 3.00. The number of hydrogen-bond donors (Lipinski definition) is 1. The number of nitrogens with zero attached hydrogens (tertiary/aromatic N) is 2. The predicted molar refractivity (Wildman–Crippen MR) is 69.2 cm³/mol. The van der Waals surface area contributed by atoms with Crippen LogP contribution in [0.3, 0.4) is 0 Å². The van der Waals surface area contributed by atoms with Crippen LogP contribution in [0.2, 0.25) is 5.02 Å². The van der Waals surface area contributed by atoms with Gasteiger partial charge < -0.3 is 5.32 Å². The van der Waals surface area contributed by atoms with Gasteiger partial charge in [0.1, 0.15) is 0 Å². The Kier molecular flexibility index (Phi) is 2.87. The molecule has 1 fully saturated rings. The molecule has 3 nitrogen and oxygen atoms in total. The lowest BCUT2D eigenvalue weighted by molar-refractivity contribution is 0.492. The molecule has 1 aliphatic rings. The second-order valence-corrected chi connectivity index (χ2v) is 4.77. The van der Waals surface area contributed by atoms with E-state index in [0.717, 1.165) is 35.8 Å². The molecule has 0 amide bonds. The molecule has 1 unspecified atom stereocenters. The molecule has 3 rings (SSSR count). The molecular weight excluding hydrogens is 234 g/mol. The molecule has 17 heavy (non-hydrogen) atoms. The zero-order valence-electron chi connectivity index (χ0n) is 9.44. The van der Waals surface area contributed by atoms with E-state index in [4.69, 9.17) is 11.6 Å². The first-order valence-corrected chi connectivity index (χ1v) is 6.22. The van der Waals surface area contributed by atoms with Crippen molar-refractivity contribution < 1.29 is 0 Å². The van der Waals surface area contributed by atoms with Crippen molar-refractivity contribution in [3.63, 3.8) is 0 Å². The van der Waals surface area contributed by atoms with E-state index < -0.39 is 0 Å². The summed E-state index contributed by atoms with van der Waals surface area (Å²) in [7, 11) is 0. The molecule has 1 aromatic heterocycles. The molecule has 0 saturated carbocycles. The van der Waals surface area contributed by atoms with E-state index in [2.05, 4.69) is 27.4 Å². The minimum absolute atomic E-state index is 0.496. The highest BCUT2D eigenvalue weighted by Gasteiger charge is 2.17. The Morgan fingerprint density at radius 1 is 1.24 bits per heavy atom. The highest BCUT2D eigenvalue weighted by molar-refractivity contribution is 6.30. The van der Waals surface area contributed by atoms with E-state index in [0.29, 0.717) is 6.04 Å². The van der Waals surface area contributed by atoms with Crippen LogP contribution >= 0.6 is 11.6 Å². The van der Waals surface area contributed by atoms with Crippen molar-refractivity contribution in [3.8, 4) is 11.3 Å². The standard InChI is InChI=1S/C13H14ClN3/c14-11-3-1-10(2-4-11)13-6-8-17(16-13)12-5-7-15-9-12/h1-4,6,8,12,15H,5,7,9H2. The molecule has 0 radical (unpaired) electrons. The van der Waals surface area contributed by atoms with Crippen molar-refractivity contribution in [2.75, 3.05) is 13.1 Å². The van der Waals surface area contributed by atoms with Crippen molar-refractivity contribution in [1.82, 2.24) is 15.1 Å². The van der Waals surface area contributed by atoms with Gasteiger partial charge in [0.25, 0.3) is 0 Å². The molecule has 1 N–H and O–H groups in total. The van der Waals surface area contributed by atoms with Gasteiger partial charge in [-0.3, -0.25) is 4.68 Å². The van der Waals surface area contributed by atoms with Crippen LogP contribution in [0.5, 0.6) is 0 Å². The fourth-order valence-corrected chi connectivity index (χ4v) is 2.31. The fourth-order valence-electron chi connectivity index (χ4n) is 2.18. The van der Waals surface area contributed by atoms with Crippen molar-refractivity contribution in [3.05, 3.63) is 41.6 Å². The summed E-state index contributed by atoms with van der Waals surface area (Å²) in [5, 5.41) is 8.73. The van der Waals surface area contributed by atoms with Crippen LogP contribution in [0.25, 0.3) is 11.3 Å². The highest BCUT2D eigenvalue weighted by Crippen LogP contribution is 2.22. The molecule has 0 spiro atoms. The molecule has 4 heteroatoms. The number of hydrogen-bond acceptors (Lipinski definition) is 2. The summed E-state index contributed by atoms with van der Waals surface area (Å²) in [6.07, 6.45) is 3.21. The largest absolute Gasteiger partial charge is 0.315 e. The monoisotopic (exact) mass is 247 g/mol. The van der Waals surface area contributed by atoms with Gasteiger partial charge in [-0.05, 0) is 31.2 Å². The third-order valence-electron chi connectivity index (χ3n) is 3.16. The predicted octanol–water partition coefficient (Wildman–Crippen LogP) is 2.74. The maximum Gasteiger partial charge on any atom is 0.0923 e. The SMILES string of the molecule is Clc1ccc(-c2ccn(C3CCNC3)n2)cc1. The molecule has 88 valence electrons. The topological polar surface area (TPSA) is 29.9 Å². The van der Waals surface area contributed by atoms with Crippen LogP contribution in [0, 0.1) is 0 Å². The Bertz CT molecular complexity index is 498. The third-order valence-corrected chi connectivity index (χ3v) is 3.41. The summed E-state index contributed by atoms with van der Waals surface area (Å²) < 4.78 is 2.06. The minimum Gasteiger partial charge on any atom is -0.315 e. The number of benzene rings is 1. The Hall–Kier alpha value is -1.32. The van der Waals surface area contributed by atoms with E-state index in [1.54, 1.807) is 0 Å². The lowest BCUT2D eigenvalue weighted by Crippen LogP contribution is -2.13. The summed E-state index contributed by atoms with van der Waals surface area (Å²) >= 11 is 5.87. The molecule has 2 aromatic rings. The first-order valence-electron chi connectivity index (χ1n) is 5.85. The smallest absolute Gasteiger partial charge is 0.0923 e. The Balaban J connectivity index is 1.86. The summed E-state index contributed by atoms with van der Waals surface area (Å²) in [6.45, 7) is 2.10. The highest BCUT2D eigenvalue weighted by atomic mass is 35.5. The molecule has 2 heterocycles. The molecule has 0 aliphatic carbocycles. The van der Waals surface area contributed by atoms with Gasteiger partial charge in [0.15, 0.2) is 0 Å². The van der Waals surface area contributed by atoms with Gasteiger partial charge in [0.05, 0.1) is 11.7 Å². The van der Waals surface area contributed by atoms with Gasteiger partial charge in [-0.1, -0.05) is 23.7 Å². The quantitative estimate of drug-likeness (QED) is 0.885. The number of nitrogens with one attached hydrogen (secondary N) is 1. The average molecular weight is 248 g/mol. The second-order valence-electron chi connectivity index (χ2n) is 4.33. The van der Waals surface area contributed by atoms with Crippen molar-refractivity contribution in [2.45, 2.75) is 12.5 Å². The van der Waals surface area contributed by atoms with Gasteiger partial charge in [0.2, 0.25) is 0 Å². The fraction of sp³-hybridized carbons (Fsp3) is 0.308. The van der Waals surface area contributed by atoms with E-state index in [1.165, 1.54) is 0 Å². The van der Waals surface area contributed by atoms with E-state index >= 15 is 0 Å². The number of halogens is 1. The van der Waals surface area contributed by atoms with E-state index in [1.807, 2.05) is 24.3 Å². The van der Waals surface area contributed by atoms with Crippen LogP contribution in [0.15, 0.2) is 36.5 Å². The summed E-state index contributed by atoms with van der Waals surface area (Å²) in [4.78, 5) is 0. The van der Waals surface area contributed by atoms with Gasteiger partial charge in [-0.15, -0.1) is 0 Å². The minimum atomic E-state index is 0.496. The Morgan fingerprint density at radius 2 is 2.06 bits per heavy atom. The van der Waals surface area contributed by atoms with Crippen molar-refractivity contribution in [2.24, 2.45) is 0 Å². The maximum absolute atomic E-state index is 5.87. The number of rotatable bonds is 2. The van der Waals surface area contributed by atoms with Gasteiger partial charge in [-0.2, -0.15) is 5.10 Å². The van der Waals surface area contributed by atoms with E-state index in [-0.39, 0.29) is 0 Å². The van der Waals surface area contributed by atoms with Crippen LogP contribution in [-0.2, 0) is 0 Å². The van der Waals surface area contributed by atoms with E-state index in [9.17, 15) is 0 Å². The summed E-state index contributed by atoms with van der Waals surface area (Å²) in [5.41, 5.74) is 2.12. The van der Waals surface area contributed by atoms with Crippen molar-refractivity contribution >= 4 is 11.6 Å². The molecule has 0 bridgehead atoms. The van der Waals surface area contributed by atoms with Gasteiger partial charge >= 0.3 is 0 Å². The van der Waals surface area contributed by atoms with Crippen LogP contribution < -0.4 is 5.32 Å². The first kappa shape index (κ1) is 10.8. The van der Waals surface area contributed by atoms with Crippen LogP contribution in [0.1, 0.15) is 12.5 Å².